The Morgan fingerprint density at radius 1 is 1.17 bits per heavy atom. The van der Waals surface area contributed by atoms with Gasteiger partial charge in [0, 0.05) is 23.5 Å². The zero-order chi connectivity index (χ0) is 17.0. The van der Waals surface area contributed by atoms with Crippen molar-refractivity contribution in [3.05, 3.63) is 41.4 Å². The van der Waals surface area contributed by atoms with Gasteiger partial charge in [-0.25, -0.2) is 4.98 Å². The van der Waals surface area contributed by atoms with E-state index in [1.165, 1.54) is 4.90 Å². The van der Waals surface area contributed by atoms with Crippen molar-refractivity contribution < 1.29 is 13.2 Å². The maximum Gasteiger partial charge on any atom is 0.401 e. The summed E-state index contributed by atoms with van der Waals surface area (Å²) in [6.45, 7) is 0.840. The summed E-state index contributed by atoms with van der Waals surface area (Å²) < 4.78 is 37.2. The van der Waals surface area contributed by atoms with Gasteiger partial charge in [-0.15, -0.1) is 11.3 Å². The normalized spacial score (nSPS) is 17.3. The molecule has 1 fully saturated rings. The molecule has 0 bridgehead atoms. The molecule has 0 amide bonds. The number of hydrogen-bond donors (Lipinski definition) is 1. The van der Waals surface area contributed by atoms with Gasteiger partial charge in [0.25, 0.3) is 0 Å². The van der Waals surface area contributed by atoms with Crippen LogP contribution >= 0.6 is 11.3 Å². The van der Waals surface area contributed by atoms with E-state index in [9.17, 15) is 13.2 Å². The molecular formula is C17H20F3N3S. The lowest BCUT2D eigenvalue weighted by Crippen LogP contribution is -2.45. The Hall–Kier alpha value is -1.44. The Kier molecular flexibility index (Phi) is 5.53. The number of aromatic nitrogens is 1. The molecule has 0 saturated carbocycles. The molecule has 0 unspecified atom stereocenters. The monoisotopic (exact) mass is 355 g/mol. The minimum atomic E-state index is -4.10. The summed E-state index contributed by atoms with van der Waals surface area (Å²) in [5.41, 5.74) is 2.09. The summed E-state index contributed by atoms with van der Waals surface area (Å²) in [7, 11) is 0. The Bertz CT molecular complexity index is 634. The van der Waals surface area contributed by atoms with E-state index in [0.717, 1.165) is 29.1 Å². The predicted molar refractivity (Wildman–Crippen MR) is 89.9 cm³/mol. The zero-order valence-electron chi connectivity index (χ0n) is 13.2. The van der Waals surface area contributed by atoms with E-state index in [1.54, 1.807) is 11.3 Å². The highest BCUT2D eigenvalue weighted by atomic mass is 32.1. The number of alkyl halides is 3. The predicted octanol–water partition coefficient (Wildman–Crippen LogP) is 3.93. The van der Waals surface area contributed by atoms with E-state index in [2.05, 4.69) is 10.3 Å². The van der Waals surface area contributed by atoms with E-state index in [-0.39, 0.29) is 6.04 Å². The SMILES string of the molecule is FC(F)(F)CN1CCC(NCc2csc(-c3ccccc3)n2)CC1. The van der Waals surface area contributed by atoms with Crippen molar-refractivity contribution in [2.45, 2.75) is 31.6 Å². The van der Waals surface area contributed by atoms with E-state index < -0.39 is 12.7 Å². The largest absolute Gasteiger partial charge is 0.401 e. The van der Waals surface area contributed by atoms with Gasteiger partial charge in [-0.1, -0.05) is 30.3 Å². The quantitative estimate of drug-likeness (QED) is 0.881. The molecule has 0 radical (unpaired) electrons. The van der Waals surface area contributed by atoms with Crippen LogP contribution in [0.25, 0.3) is 10.6 Å². The lowest BCUT2D eigenvalue weighted by atomic mass is 10.1. The van der Waals surface area contributed by atoms with Crippen LogP contribution in [-0.4, -0.2) is 41.7 Å². The maximum atomic E-state index is 12.4. The van der Waals surface area contributed by atoms with E-state index >= 15 is 0 Å². The lowest BCUT2D eigenvalue weighted by Gasteiger charge is -2.32. The van der Waals surface area contributed by atoms with E-state index in [1.807, 2.05) is 35.7 Å². The summed E-state index contributed by atoms with van der Waals surface area (Å²) in [5, 5.41) is 6.45. The molecule has 7 heteroatoms. The Morgan fingerprint density at radius 2 is 1.88 bits per heavy atom. The van der Waals surface area contributed by atoms with Gasteiger partial charge in [-0.3, -0.25) is 4.90 Å². The molecule has 1 saturated heterocycles. The lowest BCUT2D eigenvalue weighted by molar-refractivity contribution is -0.148. The summed E-state index contributed by atoms with van der Waals surface area (Å²) in [5.74, 6) is 0. The third-order valence-electron chi connectivity index (χ3n) is 4.13. The Labute approximate surface area is 143 Å². The average molecular weight is 355 g/mol. The molecule has 0 atom stereocenters. The number of rotatable bonds is 5. The van der Waals surface area contributed by atoms with Gasteiger partial charge in [-0.2, -0.15) is 13.2 Å². The first-order chi connectivity index (χ1) is 11.5. The number of nitrogens with zero attached hydrogens (tertiary/aromatic N) is 2. The molecule has 24 heavy (non-hydrogen) atoms. The van der Waals surface area contributed by atoms with Crippen LogP contribution in [0.5, 0.6) is 0 Å². The van der Waals surface area contributed by atoms with Gasteiger partial charge < -0.3 is 5.32 Å². The van der Waals surface area contributed by atoms with Crippen LogP contribution in [0.3, 0.4) is 0 Å². The van der Waals surface area contributed by atoms with Crippen LogP contribution in [0.1, 0.15) is 18.5 Å². The zero-order valence-corrected chi connectivity index (χ0v) is 14.0. The number of likely N-dealkylation sites (tertiary alicyclic amines) is 1. The smallest absolute Gasteiger partial charge is 0.308 e. The van der Waals surface area contributed by atoms with Crippen LogP contribution in [0, 0.1) is 0 Å². The Morgan fingerprint density at radius 3 is 2.54 bits per heavy atom. The first-order valence-corrected chi connectivity index (χ1v) is 8.90. The van der Waals surface area contributed by atoms with Gasteiger partial charge in [0.15, 0.2) is 0 Å². The van der Waals surface area contributed by atoms with Crippen molar-refractivity contribution in [2.24, 2.45) is 0 Å². The van der Waals surface area contributed by atoms with Gasteiger partial charge in [0.2, 0.25) is 0 Å². The van der Waals surface area contributed by atoms with Gasteiger partial charge in [0.05, 0.1) is 12.2 Å². The number of thiazole rings is 1. The van der Waals surface area contributed by atoms with E-state index in [0.29, 0.717) is 19.6 Å². The van der Waals surface area contributed by atoms with Crippen molar-refractivity contribution in [2.75, 3.05) is 19.6 Å². The van der Waals surface area contributed by atoms with Crippen LogP contribution in [-0.2, 0) is 6.54 Å². The molecule has 3 rings (SSSR count). The first kappa shape index (κ1) is 17.4. The highest BCUT2D eigenvalue weighted by Crippen LogP contribution is 2.24. The van der Waals surface area contributed by atoms with Gasteiger partial charge in [0.1, 0.15) is 5.01 Å². The second-order valence-corrected chi connectivity index (χ2v) is 6.91. The molecule has 1 aliphatic rings. The highest BCUT2D eigenvalue weighted by Gasteiger charge is 2.32. The van der Waals surface area contributed by atoms with Crippen molar-refractivity contribution in [3.63, 3.8) is 0 Å². The molecule has 130 valence electrons. The topological polar surface area (TPSA) is 28.2 Å². The number of nitrogens with one attached hydrogen (secondary N) is 1. The minimum absolute atomic E-state index is 0.261. The van der Waals surface area contributed by atoms with Crippen LogP contribution in [0.2, 0.25) is 0 Å². The molecule has 1 aliphatic heterocycles. The summed E-state index contributed by atoms with van der Waals surface area (Å²) in [4.78, 5) is 6.11. The van der Waals surface area contributed by atoms with Crippen LogP contribution < -0.4 is 5.32 Å². The first-order valence-electron chi connectivity index (χ1n) is 8.02. The second kappa shape index (κ2) is 7.63. The molecule has 2 heterocycles. The average Bonchev–Trinajstić information content (AvgIpc) is 3.03. The summed E-state index contributed by atoms with van der Waals surface area (Å²) >= 11 is 1.61. The fourth-order valence-electron chi connectivity index (χ4n) is 2.90. The molecule has 3 nitrogen and oxygen atoms in total. The maximum absolute atomic E-state index is 12.4. The molecular weight excluding hydrogens is 335 g/mol. The van der Waals surface area contributed by atoms with E-state index in [4.69, 9.17) is 0 Å². The molecule has 1 N–H and O–H groups in total. The van der Waals surface area contributed by atoms with Crippen LogP contribution in [0.4, 0.5) is 13.2 Å². The second-order valence-electron chi connectivity index (χ2n) is 6.06. The van der Waals surface area contributed by atoms with Crippen molar-refractivity contribution in [1.82, 2.24) is 15.2 Å². The molecule has 1 aromatic carbocycles. The Balaban J connectivity index is 1.45. The number of piperidine rings is 1. The number of halogens is 3. The number of hydrogen-bond acceptors (Lipinski definition) is 4. The van der Waals surface area contributed by atoms with Gasteiger partial charge >= 0.3 is 6.18 Å². The molecule has 0 aliphatic carbocycles. The van der Waals surface area contributed by atoms with Crippen LogP contribution in [0.15, 0.2) is 35.7 Å². The number of benzene rings is 1. The van der Waals surface area contributed by atoms with Gasteiger partial charge in [-0.05, 0) is 25.9 Å². The fourth-order valence-corrected chi connectivity index (χ4v) is 3.72. The third kappa shape index (κ3) is 5.03. The molecule has 2 aromatic rings. The fraction of sp³-hybridized carbons (Fsp3) is 0.471. The third-order valence-corrected chi connectivity index (χ3v) is 5.07. The van der Waals surface area contributed by atoms with Crippen molar-refractivity contribution in [1.29, 1.82) is 0 Å². The summed E-state index contributed by atoms with van der Waals surface area (Å²) in [6, 6.07) is 10.3. The van der Waals surface area contributed by atoms with Crippen molar-refractivity contribution >= 4 is 11.3 Å². The molecule has 1 aromatic heterocycles. The standard InChI is InChI=1S/C17H20F3N3S/c18-17(19,20)12-23-8-6-14(7-9-23)21-10-15-11-24-16(22-15)13-4-2-1-3-5-13/h1-5,11,14,21H,6-10,12H2. The van der Waals surface area contributed by atoms with Crippen molar-refractivity contribution in [3.8, 4) is 10.6 Å². The minimum Gasteiger partial charge on any atom is -0.308 e. The summed E-state index contributed by atoms with van der Waals surface area (Å²) in [6.07, 6.45) is -2.62. The molecule has 0 spiro atoms. The highest BCUT2D eigenvalue weighted by molar-refractivity contribution is 7.13.